The largest absolute Gasteiger partial charge is 0.467 e. The quantitative estimate of drug-likeness (QED) is 0.434. The molecule has 2 saturated carbocycles. The van der Waals surface area contributed by atoms with E-state index >= 15 is 0 Å². The Bertz CT molecular complexity index is 876. The van der Waals surface area contributed by atoms with E-state index in [9.17, 15) is 10.1 Å². The minimum atomic E-state index is -0.374. The van der Waals surface area contributed by atoms with Crippen molar-refractivity contribution >= 4 is 17.4 Å². The topological polar surface area (TPSA) is 92.3 Å². The summed E-state index contributed by atoms with van der Waals surface area (Å²) < 4.78 is 13.2. The molecule has 8 nitrogen and oxygen atoms in total. The molecule has 0 radical (unpaired) electrons. The smallest absolute Gasteiger partial charge is 0.270 e. The highest BCUT2D eigenvalue weighted by atomic mass is 32.2. The zero-order valence-electron chi connectivity index (χ0n) is 14.1. The highest BCUT2D eigenvalue weighted by Crippen LogP contribution is 2.46. The van der Waals surface area contributed by atoms with E-state index in [1.54, 1.807) is 17.8 Å². The van der Waals surface area contributed by atoms with E-state index in [0.29, 0.717) is 30.1 Å². The summed E-state index contributed by atoms with van der Waals surface area (Å²) in [4.78, 5) is 10.9. The third kappa shape index (κ3) is 2.95. The lowest BCUT2D eigenvalue weighted by atomic mass is 10.1. The van der Waals surface area contributed by atoms with Crippen LogP contribution < -0.4 is 4.74 Å². The molecule has 0 amide bonds. The summed E-state index contributed by atoms with van der Waals surface area (Å²) in [5.74, 6) is 2.93. The Kier molecular flexibility index (Phi) is 3.86. The van der Waals surface area contributed by atoms with Crippen LogP contribution in [0.5, 0.6) is 5.75 Å². The second-order valence-electron chi connectivity index (χ2n) is 6.97. The highest BCUT2D eigenvalue weighted by Gasteiger charge is 2.36. The van der Waals surface area contributed by atoms with E-state index in [2.05, 4.69) is 14.8 Å². The number of fused-ring (bicyclic) bond motifs is 1. The van der Waals surface area contributed by atoms with E-state index in [0.717, 1.165) is 22.1 Å². The summed E-state index contributed by atoms with van der Waals surface area (Å²) in [6, 6.07) is 3.64. The van der Waals surface area contributed by atoms with Crippen LogP contribution in [0, 0.1) is 10.1 Å². The Labute approximate surface area is 154 Å². The van der Waals surface area contributed by atoms with Crippen molar-refractivity contribution in [2.75, 3.05) is 6.79 Å². The number of hydrogen-bond donors (Lipinski definition) is 0. The Morgan fingerprint density at radius 1 is 1.27 bits per heavy atom. The van der Waals surface area contributed by atoms with Gasteiger partial charge in [-0.2, -0.15) is 0 Å². The number of nitro benzene ring substituents is 1. The maximum Gasteiger partial charge on any atom is 0.270 e. The fourth-order valence-electron chi connectivity index (χ4n) is 3.32. The maximum atomic E-state index is 11.2. The van der Waals surface area contributed by atoms with Crippen LogP contribution in [0.2, 0.25) is 0 Å². The van der Waals surface area contributed by atoms with Gasteiger partial charge in [-0.15, -0.1) is 10.2 Å². The molecule has 26 heavy (non-hydrogen) atoms. The summed E-state index contributed by atoms with van der Waals surface area (Å²) in [5.41, 5.74) is 1.60. The first kappa shape index (κ1) is 16.1. The molecule has 2 aromatic rings. The van der Waals surface area contributed by atoms with E-state index in [1.165, 1.54) is 31.7 Å². The first-order chi connectivity index (χ1) is 12.7. The van der Waals surface area contributed by atoms with Crippen molar-refractivity contribution in [2.24, 2.45) is 0 Å². The molecule has 0 bridgehead atoms. The molecule has 0 atom stereocenters. The van der Waals surface area contributed by atoms with Gasteiger partial charge in [-0.1, -0.05) is 11.8 Å². The van der Waals surface area contributed by atoms with Gasteiger partial charge in [-0.3, -0.25) is 10.1 Å². The fourth-order valence-corrected chi connectivity index (χ4v) is 4.30. The van der Waals surface area contributed by atoms with Crippen LogP contribution in [-0.4, -0.2) is 26.5 Å². The van der Waals surface area contributed by atoms with E-state index < -0.39 is 0 Å². The average Bonchev–Trinajstić information content (AvgIpc) is 3.58. The summed E-state index contributed by atoms with van der Waals surface area (Å²) in [6.45, 7) is 0.505. The molecule has 3 aliphatic rings. The van der Waals surface area contributed by atoms with Gasteiger partial charge in [0.1, 0.15) is 11.6 Å². The van der Waals surface area contributed by atoms with Crippen molar-refractivity contribution in [3.63, 3.8) is 0 Å². The minimum absolute atomic E-state index is 0.0655. The van der Waals surface area contributed by atoms with Gasteiger partial charge in [-0.05, 0) is 25.7 Å². The van der Waals surface area contributed by atoms with Crippen molar-refractivity contribution in [3.8, 4) is 5.75 Å². The number of thioether (sulfide) groups is 1. The molecule has 1 aliphatic heterocycles. The fraction of sp³-hybridized carbons (Fsp3) is 0.529. The molecule has 1 aromatic heterocycles. The van der Waals surface area contributed by atoms with E-state index in [-0.39, 0.29) is 17.4 Å². The van der Waals surface area contributed by atoms with Crippen molar-refractivity contribution in [1.82, 2.24) is 14.8 Å². The summed E-state index contributed by atoms with van der Waals surface area (Å²) in [5, 5.41) is 21.0. The zero-order valence-corrected chi connectivity index (χ0v) is 14.9. The molecule has 1 aromatic carbocycles. The molecule has 0 spiro atoms. The molecular formula is C17H18N4O4S. The Balaban J connectivity index is 1.43. The van der Waals surface area contributed by atoms with Gasteiger partial charge >= 0.3 is 0 Å². The SMILES string of the molecule is O=[N+]([O-])c1cc2c(c(CSc3nnc(C4CC4)n3C3CC3)c1)OCOC2. The normalized spacial score (nSPS) is 19.1. The Hall–Kier alpha value is -2.13. The first-order valence-electron chi connectivity index (χ1n) is 8.79. The van der Waals surface area contributed by atoms with Crippen LogP contribution >= 0.6 is 11.8 Å². The molecule has 136 valence electrons. The standard InChI is InChI=1S/C17H18N4O4S/c22-21(23)14-5-11-7-24-9-25-15(11)12(6-14)8-26-17-19-18-16(10-1-2-10)20(17)13-3-4-13/h5-6,10,13H,1-4,7-9H2. The van der Waals surface area contributed by atoms with Crippen molar-refractivity contribution in [1.29, 1.82) is 0 Å². The van der Waals surface area contributed by atoms with Crippen molar-refractivity contribution < 1.29 is 14.4 Å². The van der Waals surface area contributed by atoms with Gasteiger partial charge in [0.25, 0.3) is 5.69 Å². The van der Waals surface area contributed by atoms with Gasteiger partial charge in [-0.25, -0.2) is 0 Å². The van der Waals surface area contributed by atoms with Crippen LogP contribution in [0.3, 0.4) is 0 Å². The number of nitro groups is 1. The predicted molar refractivity (Wildman–Crippen MR) is 93.2 cm³/mol. The third-order valence-corrected chi connectivity index (χ3v) is 5.88. The van der Waals surface area contributed by atoms with Crippen LogP contribution in [0.25, 0.3) is 0 Å². The number of aromatic nitrogens is 3. The Morgan fingerprint density at radius 3 is 2.85 bits per heavy atom. The molecule has 0 unspecified atom stereocenters. The highest BCUT2D eigenvalue weighted by molar-refractivity contribution is 7.98. The number of rotatable bonds is 6. The number of nitrogens with zero attached hydrogens (tertiary/aromatic N) is 4. The average molecular weight is 374 g/mol. The molecule has 2 aliphatic carbocycles. The molecule has 2 heterocycles. The van der Waals surface area contributed by atoms with Crippen LogP contribution in [0.15, 0.2) is 17.3 Å². The van der Waals surface area contributed by atoms with Gasteiger partial charge < -0.3 is 14.0 Å². The van der Waals surface area contributed by atoms with Crippen molar-refractivity contribution in [2.45, 2.75) is 55.2 Å². The Morgan fingerprint density at radius 2 is 2.12 bits per heavy atom. The third-order valence-electron chi connectivity index (χ3n) is 4.88. The van der Waals surface area contributed by atoms with Crippen LogP contribution in [0.4, 0.5) is 5.69 Å². The molecule has 5 rings (SSSR count). The van der Waals surface area contributed by atoms with Gasteiger partial charge in [0.05, 0.1) is 11.5 Å². The monoisotopic (exact) mass is 374 g/mol. The van der Waals surface area contributed by atoms with Gasteiger partial charge in [0.15, 0.2) is 11.9 Å². The number of benzene rings is 1. The maximum absolute atomic E-state index is 11.2. The molecule has 0 N–H and O–H groups in total. The number of hydrogen-bond acceptors (Lipinski definition) is 7. The van der Waals surface area contributed by atoms with Crippen molar-refractivity contribution in [3.05, 3.63) is 39.2 Å². The second-order valence-corrected chi connectivity index (χ2v) is 7.91. The second kappa shape index (κ2) is 6.24. The lowest BCUT2D eigenvalue weighted by molar-refractivity contribution is -0.385. The first-order valence-corrected chi connectivity index (χ1v) is 9.77. The summed E-state index contributed by atoms with van der Waals surface area (Å²) >= 11 is 1.57. The molecule has 2 fully saturated rings. The number of non-ortho nitro benzene ring substituents is 1. The molecular weight excluding hydrogens is 356 g/mol. The molecule has 9 heteroatoms. The minimum Gasteiger partial charge on any atom is -0.467 e. The van der Waals surface area contributed by atoms with E-state index in [4.69, 9.17) is 9.47 Å². The summed E-state index contributed by atoms with van der Waals surface area (Å²) in [6.07, 6.45) is 4.75. The lowest BCUT2D eigenvalue weighted by Gasteiger charge is -2.20. The molecule has 0 saturated heterocycles. The zero-order chi connectivity index (χ0) is 17.7. The van der Waals surface area contributed by atoms with Crippen LogP contribution in [-0.2, 0) is 17.1 Å². The lowest BCUT2D eigenvalue weighted by Crippen LogP contribution is -2.13. The van der Waals surface area contributed by atoms with Crippen LogP contribution in [0.1, 0.15) is 54.6 Å². The predicted octanol–water partition coefficient (Wildman–Crippen LogP) is 3.56. The van der Waals surface area contributed by atoms with Gasteiger partial charge in [0, 0.05) is 41.0 Å². The number of ether oxygens (including phenoxy) is 2. The van der Waals surface area contributed by atoms with E-state index in [1.807, 2.05) is 0 Å². The van der Waals surface area contributed by atoms with Gasteiger partial charge in [0.2, 0.25) is 0 Å². The summed E-state index contributed by atoms with van der Waals surface area (Å²) in [7, 11) is 0.